The highest BCUT2D eigenvalue weighted by Gasteiger charge is 2.29. The van der Waals surface area contributed by atoms with Crippen LogP contribution in [-0.2, 0) is 17.9 Å². The lowest BCUT2D eigenvalue weighted by Crippen LogP contribution is -2.45. The summed E-state index contributed by atoms with van der Waals surface area (Å²) in [6.07, 6.45) is -0.982. The minimum Gasteiger partial charge on any atom is -0.383 e. The second kappa shape index (κ2) is 6.36. The number of aromatic nitrogens is 2. The van der Waals surface area contributed by atoms with Gasteiger partial charge in [-0.15, -0.1) is 0 Å². The molecular formula is C18H22FN3O2. The van der Waals surface area contributed by atoms with Crippen LogP contribution >= 0.6 is 0 Å². The maximum atomic E-state index is 13.1. The van der Waals surface area contributed by atoms with Crippen LogP contribution in [-0.4, -0.2) is 38.1 Å². The number of carbonyl (C=O) groups is 1. The first-order valence-electron chi connectivity index (χ1n) is 8.17. The van der Waals surface area contributed by atoms with Gasteiger partial charge in [-0.25, -0.2) is 9.37 Å². The van der Waals surface area contributed by atoms with Crippen molar-refractivity contribution >= 4 is 5.91 Å². The van der Waals surface area contributed by atoms with Gasteiger partial charge in [0, 0.05) is 24.3 Å². The highest BCUT2D eigenvalue weighted by molar-refractivity contribution is 5.81. The molecule has 0 fully saturated rings. The monoisotopic (exact) mass is 331 g/mol. The van der Waals surface area contributed by atoms with E-state index in [-0.39, 0.29) is 17.6 Å². The lowest BCUT2D eigenvalue weighted by Gasteiger charge is -2.30. The summed E-state index contributed by atoms with van der Waals surface area (Å²) in [5.74, 6) is 0.151. The number of aliphatic hydroxyl groups is 1. The summed E-state index contributed by atoms with van der Waals surface area (Å²) in [6, 6.07) is 6.26. The third-order valence-electron chi connectivity index (χ3n) is 4.54. The molecule has 2 heterocycles. The van der Waals surface area contributed by atoms with Crippen LogP contribution in [0.4, 0.5) is 4.39 Å². The van der Waals surface area contributed by atoms with E-state index < -0.39 is 6.10 Å². The van der Waals surface area contributed by atoms with Crippen LogP contribution in [0.3, 0.4) is 0 Å². The molecule has 1 aromatic carbocycles. The number of carbonyl (C=O) groups excluding carboxylic acids is 1. The fourth-order valence-corrected chi connectivity index (χ4v) is 3.02. The highest BCUT2D eigenvalue weighted by atomic mass is 19.1. The van der Waals surface area contributed by atoms with Crippen LogP contribution < -0.4 is 0 Å². The largest absolute Gasteiger partial charge is 0.383 e. The van der Waals surface area contributed by atoms with Gasteiger partial charge in [-0.05, 0) is 37.1 Å². The predicted molar refractivity (Wildman–Crippen MR) is 88.6 cm³/mol. The van der Waals surface area contributed by atoms with Crippen molar-refractivity contribution in [1.29, 1.82) is 0 Å². The van der Waals surface area contributed by atoms with Gasteiger partial charge in [-0.2, -0.15) is 0 Å². The minimum absolute atomic E-state index is 0.115. The van der Waals surface area contributed by atoms with Gasteiger partial charge in [-0.3, -0.25) is 4.79 Å². The van der Waals surface area contributed by atoms with Gasteiger partial charge in [0.1, 0.15) is 17.7 Å². The molecular weight excluding hydrogens is 309 g/mol. The van der Waals surface area contributed by atoms with Crippen molar-refractivity contribution in [1.82, 2.24) is 14.5 Å². The van der Waals surface area contributed by atoms with Crippen molar-refractivity contribution in [3.63, 3.8) is 0 Å². The second-order valence-electron chi connectivity index (χ2n) is 6.57. The third-order valence-corrected chi connectivity index (χ3v) is 4.54. The fraction of sp³-hybridized carbons (Fsp3) is 0.444. The van der Waals surface area contributed by atoms with Crippen LogP contribution in [0.1, 0.15) is 25.4 Å². The average Bonchev–Trinajstić information content (AvgIpc) is 2.90. The van der Waals surface area contributed by atoms with Crippen molar-refractivity contribution in [2.45, 2.75) is 40.0 Å². The quantitative estimate of drug-likeness (QED) is 0.939. The maximum absolute atomic E-state index is 13.1. The molecule has 128 valence electrons. The number of aliphatic hydroxyl groups excluding tert-OH is 1. The van der Waals surface area contributed by atoms with Crippen LogP contribution in [0.2, 0.25) is 0 Å². The number of rotatable bonds is 3. The number of imidazole rings is 1. The van der Waals surface area contributed by atoms with Crippen molar-refractivity contribution in [3.8, 4) is 11.3 Å². The van der Waals surface area contributed by atoms with E-state index >= 15 is 0 Å². The van der Waals surface area contributed by atoms with Crippen LogP contribution in [0.15, 0.2) is 24.3 Å². The van der Waals surface area contributed by atoms with Gasteiger partial charge in [0.25, 0.3) is 5.91 Å². The molecule has 6 heteroatoms. The standard InChI is InChI=1S/C18H22FN3O2/c1-11(2)17(23)18(24)21-8-9-22-12(3)16(20-15(22)10-21)13-4-6-14(19)7-5-13/h4-7,11,17,23H,8-10H2,1-3H3. The zero-order valence-corrected chi connectivity index (χ0v) is 14.2. The van der Waals surface area contributed by atoms with E-state index in [1.807, 2.05) is 20.8 Å². The van der Waals surface area contributed by atoms with Crippen molar-refractivity contribution < 1.29 is 14.3 Å². The normalized spacial score (nSPS) is 15.5. The molecule has 0 saturated carbocycles. The molecule has 1 aliphatic rings. The number of hydrogen-bond acceptors (Lipinski definition) is 3. The second-order valence-corrected chi connectivity index (χ2v) is 6.57. The van der Waals surface area contributed by atoms with E-state index in [2.05, 4.69) is 9.55 Å². The number of nitrogens with zero attached hydrogens (tertiary/aromatic N) is 3. The molecule has 0 bridgehead atoms. The Bertz CT molecular complexity index is 752. The van der Waals surface area contributed by atoms with Crippen molar-refractivity contribution in [2.24, 2.45) is 5.92 Å². The molecule has 3 rings (SSSR count). The van der Waals surface area contributed by atoms with E-state index in [1.54, 1.807) is 17.0 Å². The summed E-state index contributed by atoms with van der Waals surface area (Å²) < 4.78 is 15.2. The molecule has 1 aliphatic heterocycles. The number of amides is 1. The number of fused-ring (bicyclic) bond motifs is 1. The minimum atomic E-state index is -0.982. The van der Waals surface area contributed by atoms with Gasteiger partial charge in [0.2, 0.25) is 0 Å². The van der Waals surface area contributed by atoms with Crippen molar-refractivity contribution in [2.75, 3.05) is 6.54 Å². The fourth-order valence-electron chi connectivity index (χ4n) is 3.02. The zero-order valence-electron chi connectivity index (χ0n) is 14.2. The Labute approximate surface area is 140 Å². The molecule has 1 atom stereocenters. The van der Waals surface area contributed by atoms with Crippen LogP contribution in [0, 0.1) is 18.7 Å². The smallest absolute Gasteiger partial charge is 0.252 e. The molecule has 0 spiro atoms. The SMILES string of the molecule is Cc1c(-c2ccc(F)cc2)nc2n1CCN(C(=O)C(O)C(C)C)C2. The predicted octanol–water partition coefficient (Wildman–Crippen LogP) is 2.36. The molecule has 24 heavy (non-hydrogen) atoms. The number of hydrogen-bond donors (Lipinski definition) is 1. The molecule has 5 nitrogen and oxygen atoms in total. The summed E-state index contributed by atoms with van der Waals surface area (Å²) >= 11 is 0. The highest BCUT2D eigenvalue weighted by Crippen LogP contribution is 2.26. The van der Waals surface area contributed by atoms with Crippen LogP contribution in [0.25, 0.3) is 11.3 Å². The summed E-state index contributed by atoms with van der Waals surface area (Å²) in [5, 5.41) is 10.0. The van der Waals surface area contributed by atoms with E-state index in [4.69, 9.17) is 0 Å². The Balaban J connectivity index is 1.87. The van der Waals surface area contributed by atoms with E-state index in [0.717, 1.165) is 22.8 Å². The van der Waals surface area contributed by atoms with Crippen LogP contribution in [0.5, 0.6) is 0 Å². The van der Waals surface area contributed by atoms with Gasteiger partial charge in [0.15, 0.2) is 0 Å². The summed E-state index contributed by atoms with van der Waals surface area (Å²) in [6.45, 7) is 7.20. The maximum Gasteiger partial charge on any atom is 0.252 e. The summed E-state index contributed by atoms with van der Waals surface area (Å²) in [7, 11) is 0. The van der Waals surface area contributed by atoms with Gasteiger partial charge in [0.05, 0.1) is 12.2 Å². The van der Waals surface area contributed by atoms with E-state index in [1.165, 1.54) is 12.1 Å². The lowest BCUT2D eigenvalue weighted by atomic mass is 10.1. The van der Waals surface area contributed by atoms with Gasteiger partial charge < -0.3 is 14.6 Å². The van der Waals surface area contributed by atoms with Gasteiger partial charge in [-0.1, -0.05) is 13.8 Å². The molecule has 0 radical (unpaired) electrons. The summed E-state index contributed by atoms with van der Waals surface area (Å²) in [4.78, 5) is 18.7. The Kier molecular flexibility index (Phi) is 4.41. The Hall–Kier alpha value is -2.21. The first-order chi connectivity index (χ1) is 11.4. The molecule has 0 saturated heterocycles. The van der Waals surface area contributed by atoms with Gasteiger partial charge >= 0.3 is 0 Å². The molecule has 0 aliphatic carbocycles. The van der Waals surface area contributed by atoms with E-state index in [9.17, 15) is 14.3 Å². The first kappa shape index (κ1) is 16.6. The Morgan fingerprint density at radius 1 is 1.25 bits per heavy atom. The first-order valence-corrected chi connectivity index (χ1v) is 8.17. The lowest BCUT2D eigenvalue weighted by molar-refractivity contribution is -0.144. The molecule has 1 aromatic heterocycles. The average molecular weight is 331 g/mol. The number of halogens is 1. The third kappa shape index (κ3) is 2.94. The molecule has 1 amide bonds. The summed E-state index contributed by atoms with van der Waals surface area (Å²) in [5.41, 5.74) is 2.67. The number of benzene rings is 1. The topological polar surface area (TPSA) is 58.4 Å². The van der Waals surface area contributed by atoms with Crippen molar-refractivity contribution in [3.05, 3.63) is 41.6 Å². The molecule has 1 unspecified atom stereocenters. The Morgan fingerprint density at radius 2 is 1.92 bits per heavy atom. The molecule has 2 aromatic rings. The molecule has 1 N–H and O–H groups in total. The van der Waals surface area contributed by atoms with E-state index in [0.29, 0.717) is 19.6 Å². The Morgan fingerprint density at radius 3 is 2.54 bits per heavy atom. The zero-order chi connectivity index (χ0) is 17.4.